The number of allylic oxidation sites excluding steroid dienone is 7. The Kier molecular flexibility index (Phi) is 9.29. The average Bonchev–Trinajstić information content (AvgIpc) is 2.16. The summed E-state index contributed by atoms with van der Waals surface area (Å²) in [7, 11) is 0. The molecule has 0 saturated carbocycles. The molecule has 0 aliphatic heterocycles. The molecule has 0 rings (SSSR count). The SMILES string of the molecule is C=CC=CC=COC=CC=CCC. The third kappa shape index (κ3) is 10.5. The number of hydrogen-bond acceptors (Lipinski definition) is 1. The Hall–Kier alpha value is -1.50. The summed E-state index contributed by atoms with van der Waals surface area (Å²) in [4.78, 5) is 0. The lowest BCUT2D eigenvalue weighted by Crippen LogP contribution is -1.62. The maximum atomic E-state index is 5.03. The van der Waals surface area contributed by atoms with Crippen LogP contribution in [0.4, 0.5) is 0 Å². The fraction of sp³-hybridized carbons (Fsp3) is 0.167. The van der Waals surface area contributed by atoms with E-state index in [2.05, 4.69) is 19.6 Å². The lowest BCUT2D eigenvalue weighted by atomic mass is 10.4. The summed E-state index contributed by atoms with van der Waals surface area (Å²) in [5, 5.41) is 0. The molecule has 0 N–H and O–H groups in total. The molecule has 0 saturated heterocycles. The highest BCUT2D eigenvalue weighted by atomic mass is 16.5. The van der Waals surface area contributed by atoms with Gasteiger partial charge >= 0.3 is 0 Å². The summed E-state index contributed by atoms with van der Waals surface area (Å²) in [6.07, 6.45) is 17.3. The van der Waals surface area contributed by atoms with E-state index < -0.39 is 0 Å². The van der Waals surface area contributed by atoms with E-state index in [0.717, 1.165) is 6.42 Å². The molecular weight excluding hydrogens is 160 g/mol. The normalized spacial score (nSPS) is 12.4. The van der Waals surface area contributed by atoms with Crippen LogP contribution in [0, 0.1) is 0 Å². The van der Waals surface area contributed by atoms with Gasteiger partial charge in [0.2, 0.25) is 0 Å². The zero-order valence-corrected chi connectivity index (χ0v) is 8.02. The lowest BCUT2D eigenvalue weighted by molar-refractivity contribution is 0.403. The predicted octanol–water partition coefficient (Wildman–Crippen LogP) is 3.74. The van der Waals surface area contributed by atoms with Gasteiger partial charge in [-0.25, -0.2) is 0 Å². The molecule has 0 amide bonds. The second-order valence-corrected chi connectivity index (χ2v) is 2.25. The van der Waals surface area contributed by atoms with E-state index in [1.807, 2.05) is 24.3 Å². The molecule has 0 aromatic rings. The number of ether oxygens (including phenoxy) is 1. The van der Waals surface area contributed by atoms with Crippen LogP contribution in [-0.4, -0.2) is 0 Å². The van der Waals surface area contributed by atoms with E-state index in [0.29, 0.717) is 0 Å². The molecule has 0 radical (unpaired) electrons. The van der Waals surface area contributed by atoms with Gasteiger partial charge in [-0.05, 0) is 18.6 Å². The standard InChI is InChI=1S/C12H16O/c1-3-5-7-9-11-13-12-10-8-6-4-2/h3,5-12H,1,4H2,2H3. The number of hydrogen-bond donors (Lipinski definition) is 0. The molecule has 0 aliphatic rings. The Morgan fingerprint density at radius 2 is 1.69 bits per heavy atom. The highest BCUT2D eigenvalue weighted by molar-refractivity contribution is 5.07. The maximum absolute atomic E-state index is 5.03. The molecule has 0 spiro atoms. The molecule has 0 heterocycles. The van der Waals surface area contributed by atoms with Gasteiger partial charge < -0.3 is 4.74 Å². The third-order valence-electron chi connectivity index (χ3n) is 1.16. The molecule has 1 heteroatoms. The van der Waals surface area contributed by atoms with Crippen LogP contribution in [-0.2, 0) is 4.74 Å². The van der Waals surface area contributed by atoms with Gasteiger partial charge in [-0.3, -0.25) is 0 Å². The second kappa shape index (κ2) is 10.5. The molecule has 0 bridgehead atoms. The molecule has 0 aromatic heterocycles. The molecule has 0 atom stereocenters. The summed E-state index contributed by atoms with van der Waals surface area (Å²) in [6.45, 7) is 5.63. The summed E-state index contributed by atoms with van der Waals surface area (Å²) in [5.74, 6) is 0. The molecule has 13 heavy (non-hydrogen) atoms. The zero-order valence-electron chi connectivity index (χ0n) is 8.02. The average molecular weight is 176 g/mol. The quantitative estimate of drug-likeness (QED) is 0.442. The second-order valence-electron chi connectivity index (χ2n) is 2.25. The van der Waals surface area contributed by atoms with E-state index in [4.69, 9.17) is 4.74 Å². The van der Waals surface area contributed by atoms with Crippen molar-refractivity contribution >= 4 is 0 Å². The third-order valence-corrected chi connectivity index (χ3v) is 1.16. The van der Waals surface area contributed by atoms with Gasteiger partial charge in [0, 0.05) is 0 Å². The summed E-state index contributed by atoms with van der Waals surface area (Å²) in [5.41, 5.74) is 0. The monoisotopic (exact) mass is 176 g/mol. The summed E-state index contributed by atoms with van der Waals surface area (Å²) in [6, 6.07) is 0. The van der Waals surface area contributed by atoms with Crippen LogP contribution in [0.3, 0.4) is 0 Å². The minimum Gasteiger partial charge on any atom is -0.473 e. The van der Waals surface area contributed by atoms with Crippen molar-refractivity contribution in [1.82, 2.24) is 0 Å². The topological polar surface area (TPSA) is 9.23 Å². The maximum Gasteiger partial charge on any atom is 0.0901 e. The van der Waals surface area contributed by atoms with Crippen LogP contribution in [0.5, 0.6) is 0 Å². The molecular formula is C12H16O. The van der Waals surface area contributed by atoms with Crippen LogP contribution < -0.4 is 0 Å². The first-order chi connectivity index (χ1) is 6.41. The molecule has 1 nitrogen and oxygen atoms in total. The van der Waals surface area contributed by atoms with E-state index in [-0.39, 0.29) is 0 Å². The van der Waals surface area contributed by atoms with E-state index in [1.165, 1.54) is 0 Å². The molecule has 0 aliphatic carbocycles. The zero-order chi connectivity index (χ0) is 9.78. The van der Waals surface area contributed by atoms with E-state index >= 15 is 0 Å². The smallest absolute Gasteiger partial charge is 0.0901 e. The van der Waals surface area contributed by atoms with Crippen molar-refractivity contribution in [2.75, 3.05) is 0 Å². The van der Waals surface area contributed by atoms with Crippen molar-refractivity contribution in [3.8, 4) is 0 Å². The lowest BCUT2D eigenvalue weighted by Gasteiger charge is -1.84. The minimum absolute atomic E-state index is 1.04. The van der Waals surface area contributed by atoms with Crippen LogP contribution in [0.2, 0.25) is 0 Å². The van der Waals surface area contributed by atoms with Crippen LogP contribution >= 0.6 is 0 Å². The first-order valence-corrected chi connectivity index (χ1v) is 4.33. The van der Waals surface area contributed by atoms with Crippen molar-refractivity contribution in [1.29, 1.82) is 0 Å². The van der Waals surface area contributed by atoms with Gasteiger partial charge in [0.25, 0.3) is 0 Å². The van der Waals surface area contributed by atoms with Gasteiger partial charge in [0.15, 0.2) is 0 Å². The Morgan fingerprint density at radius 1 is 1.00 bits per heavy atom. The minimum atomic E-state index is 1.04. The van der Waals surface area contributed by atoms with Crippen molar-refractivity contribution in [3.05, 3.63) is 61.6 Å². The first-order valence-electron chi connectivity index (χ1n) is 4.33. The van der Waals surface area contributed by atoms with Crippen LogP contribution in [0.25, 0.3) is 0 Å². The van der Waals surface area contributed by atoms with Crippen molar-refractivity contribution in [2.45, 2.75) is 13.3 Å². The van der Waals surface area contributed by atoms with Gasteiger partial charge in [-0.1, -0.05) is 43.9 Å². The van der Waals surface area contributed by atoms with Gasteiger partial charge in [0.05, 0.1) is 12.5 Å². The Morgan fingerprint density at radius 3 is 2.31 bits per heavy atom. The van der Waals surface area contributed by atoms with Crippen LogP contribution in [0.15, 0.2) is 61.6 Å². The fourth-order valence-corrected chi connectivity index (χ4v) is 0.584. The van der Waals surface area contributed by atoms with Crippen molar-refractivity contribution in [2.24, 2.45) is 0 Å². The Balaban J connectivity index is 3.48. The summed E-state index contributed by atoms with van der Waals surface area (Å²) >= 11 is 0. The Bertz CT molecular complexity index is 219. The first kappa shape index (κ1) is 11.5. The largest absolute Gasteiger partial charge is 0.473 e. The van der Waals surface area contributed by atoms with Crippen molar-refractivity contribution in [3.63, 3.8) is 0 Å². The summed E-state index contributed by atoms with van der Waals surface area (Å²) < 4.78 is 5.03. The van der Waals surface area contributed by atoms with Gasteiger partial charge in [0.1, 0.15) is 0 Å². The molecule has 0 fully saturated rings. The highest BCUT2D eigenvalue weighted by Gasteiger charge is 1.66. The fourth-order valence-electron chi connectivity index (χ4n) is 0.584. The van der Waals surface area contributed by atoms with Gasteiger partial charge in [-0.2, -0.15) is 0 Å². The molecule has 0 aromatic carbocycles. The molecule has 0 unspecified atom stereocenters. The molecule has 70 valence electrons. The Labute approximate surface area is 80.4 Å². The van der Waals surface area contributed by atoms with E-state index in [9.17, 15) is 0 Å². The van der Waals surface area contributed by atoms with Crippen LogP contribution in [0.1, 0.15) is 13.3 Å². The number of rotatable bonds is 6. The van der Waals surface area contributed by atoms with Gasteiger partial charge in [-0.15, -0.1) is 0 Å². The van der Waals surface area contributed by atoms with Crippen molar-refractivity contribution < 1.29 is 4.74 Å². The predicted molar refractivity (Wildman–Crippen MR) is 58.1 cm³/mol. The van der Waals surface area contributed by atoms with E-state index in [1.54, 1.807) is 24.7 Å². The highest BCUT2D eigenvalue weighted by Crippen LogP contribution is 1.85.